The molecule has 122 valence electrons. The van der Waals surface area contributed by atoms with Gasteiger partial charge in [-0.3, -0.25) is 0 Å². The van der Waals surface area contributed by atoms with Crippen LogP contribution in [0.25, 0.3) is 0 Å². The Labute approximate surface area is 126 Å². The third-order valence-corrected chi connectivity index (χ3v) is 4.58. The molecule has 0 aromatic carbocycles. The van der Waals surface area contributed by atoms with E-state index in [0.29, 0.717) is 38.4 Å². The molecule has 2 fully saturated rings. The van der Waals surface area contributed by atoms with E-state index in [-0.39, 0.29) is 0 Å². The fraction of sp³-hybridized carbons (Fsp3) is 0.667. The summed E-state index contributed by atoms with van der Waals surface area (Å²) in [5, 5.41) is 10.2. The normalized spacial score (nSPS) is 25.5. The van der Waals surface area contributed by atoms with Gasteiger partial charge in [-0.05, 0) is 37.8 Å². The molecule has 2 aliphatic rings. The van der Waals surface area contributed by atoms with Gasteiger partial charge in [0.05, 0.1) is 11.7 Å². The zero-order valence-electron chi connectivity index (χ0n) is 12.1. The average Bonchev–Trinajstić information content (AvgIpc) is 2.51. The quantitative estimate of drug-likeness (QED) is 0.865. The van der Waals surface area contributed by atoms with Crippen molar-refractivity contribution in [2.45, 2.75) is 43.6 Å². The summed E-state index contributed by atoms with van der Waals surface area (Å²) in [5.41, 5.74) is -1.41. The van der Waals surface area contributed by atoms with Crippen LogP contribution >= 0.6 is 0 Å². The van der Waals surface area contributed by atoms with Crippen molar-refractivity contribution >= 4 is 5.82 Å². The minimum atomic E-state index is -4.43. The molecule has 1 atom stereocenters. The average molecular weight is 316 g/mol. The Bertz CT molecular complexity index is 528. The number of piperidine rings is 1. The fourth-order valence-electron chi connectivity index (χ4n) is 3.26. The molecule has 1 spiro atoms. The van der Waals surface area contributed by atoms with Crippen molar-refractivity contribution in [1.29, 1.82) is 0 Å². The second-order valence-corrected chi connectivity index (χ2v) is 5.94. The van der Waals surface area contributed by atoms with E-state index in [4.69, 9.17) is 4.74 Å². The van der Waals surface area contributed by atoms with Gasteiger partial charge in [-0.15, -0.1) is 0 Å². The smallest absolute Gasteiger partial charge is 0.390 e. The number of aromatic nitrogens is 1. The molecule has 0 saturated carbocycles. The van der Waals surface area contributed by atoms with Gasteiger partial charge in [0.1, 0.15) is 11.5 Å². The molecule has 2 aliphatic heterocycles. The highest BCUT2D eigenvalue weighted by atomic mass is 19.4. The van der Waals surface area contributed by atoms with Crippen LogP contribution in [-0.4, -0.2) is 41.5 Å². The number of aliphatic hydroxyl groups is 1. The number of hydrogen-bond acceptors (Lipinski definition) is 4. The lowest BCUT2D eigenvalue weighted by molar-refractivity contribution is -0.164. The van der Waals surface area contributed by atoms with Crippen LogP contribution in [0.4, 0.5) is 19.0 Å². The van der Waals surface area contributed by atoms with Crippen LogP contribution in [0.2, 0.25) is 0 Å². The van der Waals surface area contributed by atoms with E-state index in [1.807, 2.05) is 4.90 Å². The van der Waals surface area contributed by atoms with E-state index >= 15 is 0 Å². The van der Waals surface area contributed by atoms with Crippen molar-refractivity contribution < 1.29 is 23.0 Å². The summed E-state index contributed by atoms with van der Waals surface area (Å²) in [4.78, 5) is 5.54. The van der Waals surface area contributed by atoms with Gasteiger partial charge < -0.3 is 14.7 Å². The first-order chi connectivity index (χ1) is 10.4. The first-order valence-corrected chi connectivity index (χ1v) is 7.52. The van der Waals surface area contributed by atoms with Gasteiger partial charge in [0.15, 0.2) is 0 Å². The lowest BCUT2D eigenvalue weighted by Gasteiger charge is -2.47. The molecular weight excluding hydrogens is 297 g/mol. The zero-order valence-corrected chi connectivity index (χ0v) is 12.1. The van der Waals surface area contributed by atoms with Gasteiger partial charge in [0, 0.05) is 19.7 Å². The molecule has 1 unspecified atom stereocenters. The van der Waals surface area contributed by atoms with Crippen molar-refractivity contribution in [3.05, 3.63) is 23.9 Å². The maximum Gasteiger partial charge on any atom is 0.433 e. The highest BCUT2D eigenvalue weighted by molar-refractivity contribution is 5.40. The summed E-state index contributed by atoms with van der Waals surface area (Å²) >= 11 is 0. The monoisotopic (exact) mass is 316 g/mol. The first-order valence-electron chi connectivity index (χ1n) is 7.52. The maximum absolute atomic E-state index is 12.7. The minimum absolute atomic E-state index is 0.329. The topological polar surface area (TPSA) is 45.6 Å². The summed E-state index contributed by atoms with van der Waals surface area (Å²) < 4.78 is 44.0. The number of anilines is 1. The van der Waals surface area contributed by atoms with Gasteiger partial charge in [-0.25, -0.2) is 4.98 Å². The molecule has 0 amide bonds. The minimum Gasteiger partial charge on any atom is -0.390 e. The van der Waals surface area contributed by atoms with E-state index in [1.165, 1.54) is 6.07 Å². The second-order valence-electron chi connectivity index (χ2n) is 5.94. The standard InChI is InChI=1S/C15H19F3N2O2/c16-15(17,18)11-3-1-5-13(19-11)20-8-6-14(7-9-20)12(21)4-2-10-22-14/h1,3,5,12,21H,2,4,6-10H2. The SMILES string of the molecule is OC1CCCOC12CCN(c1cccc(C(F)(F)F)n1)CC2. The van der Waals surface area contributed by atoms with E-state index in [2.05, 4.69) is 4.98 Å². The fourth-order valence-corrected chi connectivity index (χ4v) is 3.26. The van der Waals surface area contributed by atoms with Gasteiger partial charge in [-0.1, -0.05) is 6.07 Å². The molecule has 1 N–H and O–H groups in total. The summed E-state index contributed by atoms with van der Waals surface area (Å²) in [6, 6.07) is 3.94. The van der Waals surface area contributed by atoms with Gasteiger partial charge in [0.2, 0.25) is 0 Å². The van der Waals surface area contributed by atoms with E-state index < -0.39 is 23.6 Å². The molecule has 0 aliphatic carbocycles. The molecule has 3 heterocycles. The van der Waals surface area contributed by atoms with E-state index in [0.717, 1.165) is 18.9 Å². The van der Waals surface area contributed by atoms with Gasteiger partial charge in [0.25, 0.3) is 0 Å². The number of aliphatic hydroxyl groups excluding tert-OH is 1. The van der Waals surface area contributed by atoms with Crippen molar-refractivity contribution in [3.8, 4) is 0 Å². The number of ether oxygens (including phenoxy) is 1. The third-order valence-electron chi connectivity index (χ3n) is 4.58. The molecule has 0 bridgehead atoms. The number of halogens is 3. The highest BCUT2D eigenvalue weighted by Gasteiger charge is 2.44. The Kier molecular flexibility index (Phi) is 4.03. The van der Waals surface area contributed by atoms with Crippen LogP contribution < -0.4 is 4.90 Å². The molecule has 4 nitrogen and oxygen atoms in total. The van der Waals surface area contributed by atoms with Crippen LogP contribution in [0.5, 0.6) is 0 Å². The van der Waals surface area contributed by atoms with Crippen LogP contribution in [0.1, 0.15) is 31.4 Å². The van der Waals surface area contributed by atoms with Gasteiger partial charge >= 0.3 is 6.18 Å². The molecule has 3 rings (SSSR count). The number of rotatable bonds is 1. The molecular formula is C15H19F3N2O2. The lowest BCUT2D eigenvalue weighted by atomic mass is 9.82. The maximum atomic E-state index is 12.7. The van der Waals surface area contributed by atoms with Crippen LogP contribution in [-0.2, 0) is 10.9 Å². The molecule has 0 radical (unpaired) electrons. The Balaban J connectivity index is 1.71. The Morgan fingerprint density at radius 3 is 2.64 bits per heavy atom. The first kappa shape index (κ1) is 15.6. The van der Waals surface area contributed by atoms with Crippen LogP contribution in [0.3, 0.4) is 0 Å². The van der Waals surface area contributed by atoms with Crippen molar-refractivity contribution in [1.82, 2.24) is 4.98 Å². The third kappa shape index (κ3) is 2.92. The number of alkyl halides is 3. The lowest BCUT2D eigenvalue weighted by Crippen LogP contribution is -2.55. The Hall–Kier alpha value is -1.34. The number of hydrogen-bond donors (Lipinski definition) is 1. The van der Waals surface area contributed by atoms with Gasteiger partial charge in [-0.2, -0.15) is 13.2 Å². The molecule has 1 aromatic rings. The molecule has 2 saturated heterocycles. The summed E-state index contributed by atoms with van der Waals surface area (Å²) in [7, 11) is 0. The van der Waals surface area contributed by atoms with Crippen LogP contribution in [0, 0.1) is 0 Å². The molecule has 7 heteroatoms. The summed E-state index contributed by atoms with van der Waals surface area (Å²) in [5.74, 6) is 0.329. The van der Waals surface area contributed by atoms with E-state index in [9.17, 15) is 18.3 Å². The zero-order chi connectivity index (χ0) is 15.8. The largest absolute Gasteiger partial charge is 0.433 e. The second kappa shape index (κ2) is 5.70. The number of nitrogens with zero attached hydrogens (tertiary/aromatic N) is 2. The molecule has 22 heavy (non-hydrogen) atoms. The molecule has 1 aromatic heterocycles. The highest BCUT2D eigenvalue weighted by Crippen LogP contribution is 2.36. The predicted octanol–water partition coefficient (Wildman–Crippen LogP) is 2.61. The number of pyridine rings is 1. The van der Waals surface area contributed by atoms with Crippen molar-refractivity contribution in [2.75, 3.05) is 24.6 Å². The summed E-state index contributed by atoms with van der Waals surface area (Å²) in [6.45, 7) is 1.70. The van der Waals surface area contributed by atoms with Crippen LogP contribution in [0.15, 0.2) is 18.2 Å². The Morgan fingerprint density at radius 1 is 1.27 bits per heavy atom. The van der Waals surface area contributed by atoms with E-state index in [1.54, 1.807) is 6.07 Å². The predicted molar refractivity (Wildman–Crippen MR) is 74.6 cm³/mol. The summed E-state index contributed by atoms with van der Waals surface area (Å²) in [6.07, 6.45) is -2.14. The van der Waals surface area contributed by atoms with Crippen molar-refractivity contribution in [2.24, 2.45) is 0 Å². The Morgan fingerprint density at radius 2 is 2.00 bits per heavy atom. The van der Waals surface area contributed by atoms with Crippen molar-refractivity contribution in [3.63, 3.8) is 0 Å².